The largest absolute Gasteiger partial charge is 0.475 e. The molecule has 0 aromatic heterocycles. The van der Waals surface area contributed by atoms with Crippen molar-refractivity contribution in [3.05, 3.63) is 0 Å². The van der Waals surface area contributed by atoms with E-state index in [0.717, 1.165) is 12.8 Å². The second-order valence-corrected chi connectivity index (χ2v) is 6.26. The summed E-state index contributed by atoms with van der Waals surface area (Å²) in [5.74, 6) is 0.310. The number of amides is 1. The zero-order chi connectivity index (χ0) is 13.4. The van der Waals surface area contributed by atoms with Gasteiger partial charge in [-0.25, -0.2) is 0 Å². The maximum Gasteiger partial charge on any atom is 0.475 e. The monoisotopic (exact) mass is 266 g/mol. The van der Waals surface area contributed by atoms with Crippen LogP contribution in [0.25, 0.3) is 0 Å². The zero-order valence-corrected chi connectivity index (χ0v) is 11.3. The molecule has 0 aromatic rings. The third-order valence-electron chi connectivity index (χ3n) is 5.09. The van der Waals surface area contributed by atoms with Gasteiger partial charge in [0, 0.05) is 12.6 Å². The van der Waals surface area contributed by atoms with Gasteiger partial charge in [-0.2, -0.15) is 0 Å². The minimum atomic E-state index is -1.41. The van der Waals surface area contributed by atoms with Gasteiger partial charge < -0.3 is 20.3 Å². The maximum absolute atomic E-state index is 12.5. The SMILES string of the molecule is O=C(C1CC2CCCCC2N1)N1CCC[C@H]1B(O)O. The standard InChI is InChI=1S/C13H23BN2O3/c17-13(16-7-3-6-12(16)14(18)19)11-8-9-4-1-2-5-10(9)15-11/h9-12,15,18-19H,1-8H2/t9?,10?,11?,12-/m0/s1. The summed E-state index contributed by atoms with van der Waals surface area (Å²) in [7, 11) is -1.41. The predicted molar refractivity (Wildman–Crippen MR) is 72.2 cm³/mol. The molecular formula is C13H23BN2O3. The number of fused-ring (bicyclic) bond motifs is 1. The molecule has 0 aromatic carbocycles. The first kappa shape index (κ1) is 13.4. The highest BCUT2D eigenvalue weighted by atomic mass is 16.4. The van der Waals surface area contributed by atoms with Gasteiger partial charge in [0.25, 0.3) is 0 Å². The Bertz CT molecular complexity index is 339. The summed E-state index contributed by atoms with van der Waals surface area (Å²) in [6.07, 6.45) is 7.45. The second kappa shape index (κ2) is 5.42. The minimum absolute atomic E-state index is 0.0741. The lowest BCUT2D eigenvalue weighted by atomic mass is 9.77. The van der Waals surface area contributed by atoms with Crippen molar-refractivity contribution in [3.8, 4) is 0 Å². The number of likely N-dealkylation sites (tertiary alicyclic amines) is 1. The molecule has 3 aliphatic rings. The number of carbonyl (C=O) groups is 1. The van der Waals surface area contributed by atoms with E-state index in [1.807, 2.05) is 0 Å². The number of nitrogens with zero attached hydrogens (tertiary/aromatic N) is 1. The first-order chi connectivity index (χ1) is 9.16. The number of rotatable bonds is 2. The number of hydrogen-bond donors (Lipinski definition) is 3. The maximum atomic E-state index is 12.5. The minimum Gasteiger partial charge on any atom is -0.426 e. The molecule has 3 N–H and O–H groups in total. The van der Waals surface area contributed by atoms with Crippen LogP contribution < -0.4 is 5.32 Å². The second-order valence-electron chi connectivity index (χ2n) is 6.26. The summed E-state index contributed by atoms with van der Waals surface area (Å²) in [6, 6.07) is 0.398. The highest BCUT2D eigenvalue weighted by molar-refractivity contribution is 6.43. The lowest BCUT2D eigenvalue weighted by Crippen LogP contribution is -2.51. The normalized spacial score (nSPS) is 38.3. The van der Waals surface area contributed by atoms with Gasteiger partial charge in [0.1, 0.15) is 0 Å². The van der Waals surface area contributed by atoms with E-state index in [2.05, 4.69) is 5.32 Å². The van der Waals surface area contributed by atoms with Crippen LogP contribution in [0, 0.1) is 5.92 Å². The quantitative estimate of drug-likeness (QED) is 0.611. The molecule has 5 nitrogen and oxygen atoms in total. The smallest absolute Gasteiger partial charge is 0.426 e. The molecule has 1 saturated carbocycles. The van der Waals surface area contributed by atoms with Crippen LogP contribution in [-0.4, -0.2) is 52.5 Å². The Hall–Kier alpha value is -0.585. The fraction of sp³-hybridized carbons (Fsp3) is 0.923. The van der Waals surface area contributed by atoms with Crippen molar-refractivity contribution in [3.63, 3.8) is 0 Å². The molecule has 3 rings (SSSR count). The van der Waals surface area contributed by atoms with E-state index in [4.69, 9.17) is 0 Å². The van der Waals surface area contributed by atoms with Gasteiger partial charge in [0.2, 0.25) is 5.91 Å². The van der Waals surface area contributed by atoms with E-state index in [1.54, 1.807) is 4.90 Å². The predicted octanol–water partition coefficient (Wildman–Crippen LogP) is -0.0899. The van der Waals surface area contributed by atoms with Crippen molar-refractivity contribution in [2.45, 2.75) is 63.0 Å². The lowest BCUT2D eigenvalue weighted by Gasteiger charge is -2.27. The Kier molecular flexibility index (Phi) is 3.82. The molecule has 19 heavy (non-hydrogen) atoms. The van der Waals surface area contributed by atoms with Gasteiger partial charge in [-0.15, -0.1) is 0 Å². The van der Waals surface area contributed by atoms with E-state index >= 15 is 0 Å². The van der Waals surface area contributed by atoms with Crippen molar-refractivity contribution in [1.29, 1.82) is 0 Å². The molecule has 3 unspecified atom stereocenters. The molecular weight excluding hydrogens is 243 g/mol. The lowest BCUT2D eigenvalue weighted by molar-refractivity contribution is -0.133. The Morgan fingerprint density at radius 3 is 2.68 bits per heavy atom. The fourth-order valence-electron chi connectivity index (χ4n) is 4.09. The average Bonchev–Trinajstić information content (AvgIpc) is 3.04. The zero-order valence-electron chi connectivity index (χ0n) is 11.3. The van der Waals surface area contributed by atoms with E-state index in [-0.39, 0.29) is 11.9 Å². The summed E-state index contributed by atoms with van der Waals surface area (Å²) in [5.41, 5.74) is 0. The van der Waals surface area contributed by atoms with Crippen molar-refractivity contribution in [2.24, 2.45) is 5.92 Å². The van der Waals surface area contributed by atoms with Crippen LogP contribution in [0.3, 0.4) is 0 Å². The van der Waals surface area contributed by atoms with Gasteiger partial charge in [-0.3, -0.25) is 4.79 Å². The van der Waals surface area contributed by atoms with E-state index in [9.17, 15) is 14.8 Å². The number of nitrogens with one attached hydrogen (secondary N) is 1. The molecule has 6 heteroatoms. The summed E-state index contributed by atoms with van der Waals surface area (Å²) in [6.45, 7) is 0.661. The third-order valence-corrected chi connectivity index (χ3v) is 5.09. The number of carbonyl (C=O) groups excluding carboxylic acids is 1. The van der Waals surface area contributed by atoms with Crippen molar-refractivity contribution < 1.29 is 14.8 Å². The van der Waals surface area contributed by atoms with Gasteiger partial charge in [-0.1, -0.05) is 12.8 Å². The summed E-state index contributed by atoms with van der Waals surface area (Å²) >= 11 is 0. The molecule has 0 bridgehead atoms. The van der Waals surface area contributed by atoms with Crippen LogP contribution in [0.15, 0.2) is 0 Å². The van der Waals surface area contributed by atoms with E-state index in [1.165, 1.54) is 25.7 Å². The van der Waals surface area contributed by atoms with Gasteiger partial charge in [-0.05, 0) is 38.0 Å². The Morgan fingerprint density at radius 1 is 1.16 bits per heavy atom. The molecule has 0 spiro atoms. The first-order valence-corrected chi connectivity index (χ1v) is 7.59. The van der Waals surface area contributed by atoms with Gasteiger partial charge in [0.05, 0.1) is 12.0 Å². The van der Waals surface area contributed by atoms with Gasteiger partial charge in [0.15, 0.2) is 0 Å². The van der Waals surface area contributed by atoms with Crippen LogP contribution in [-0.2, 0) is 4.79 Å². The van der Waals surface area contributed by atoms with Crippen molar-refractivity contribution >= 4 is 13.0 Å². The molecule has 2 aliphatic heterocycles. The van der Waals surface area contributed by atoms with Crippen LogP contribution in [0.1, 0.15) is 44.9 Å². The van der Waals surface area contributed by atoms with Gasteiger partial charge >= 0.3 is 7.12 Å². The molecule has 1 amide bonds. The Balaban J connectivity index is 1.64. The topological polar surface area (TPSA) is 72.8 Å². The highest BCUT2D eigenvalue weighted by Gasteiger charge is 2.44. The summed E-state index contributed by atoms with van der Waals surface area (Å²) in [5, 5.41) is 22.2. The van der Waals surface area contributed by atoms with Crippen molar-refractivity contribution in [1.82, 2.24) is 10.2 Å². The summed E-state index contributed by atoms with van der Waals surface area (Å²) < 4.78 is 0. The third kappa shape index (κ3) is 2.53. The Morgan fingerprint density at radius 2 is 1.95 bits per heavy atom. The average molecular weight is 266 g/mol. The van der Waals surface area contributed by atoms with Crippen LogP contribution >= 0.6 is 0 Å². The molecule has 2 saturated heterocycles. The molecule has 4 atom stereocenters. The number of hydrogen-bond acceptors (Lipinski definition) is 4. The molecule has 3 fully saturated rings. The molecule has 0 radical (unpaired) electrons. The Labute approximate surface area is 114 Å². The molecule has 2 heterocycles. The van der Waals surface area contributed by atoms with Crippen LogP contribution in [0.4, 0.5) is 0 Å². The summed E-state index contributed by atoms with van der Waals surface area (Å²) in [4.78, 5) is 14.2. The van der Waals surface area contributed by atoms with Crippen LogP contribution in [0.2, 0.25) is 0 Å². The molecule has 106 valence electrons. The first-order valence-electron chi connectivity index (χ1n) is 7.59. The molecule has 1 aliphatic carbocycles. The highest BCUT2D eigenvalue weighted by Crippen LogP contribution is 2.34. The van der Waals surface area contributed by atoms with Crippen molar-refractivity contribution in [2.75, 3.05) is 6.54 Å². The fourth-order valence-corrected chi connectivity index (χ4v) is 4.09. The van der Waals surface area contributed by atoms with E-state index in [0.29, 0.717) is 24.9 Å². The van der Waals surface area contributed by atoms with Crippen LogP contribution in [0.5, 0.6) is 0 Å². The van der Waals surface area contributed by atoms with E-state index < -0.39 is 13.1 Å².